The zero-order valence-electron chi connectivity index (χ0n) is 11.5. The van der Waals surface area contributed by atoms with E-state index in [1.54, 1.807) is 12.1 Å². The molecule has 1 aromatic carbocycles. The molecule has 0 atom stereocenters. The Morgan fingerprint density at radius 1 is 1.25 bits per heavy atom. The number of hydrogen-bond acceptors (Lipinski definition) is 2. The predicted molar refractivity (Wildman–Crippen MR) is 69.7 cm³/mol. The minimum Gasteiger partial charge on any atom is -0.370 e. The minimum atomic E-state index is -4.34. The molecule has 0 saturated heterocycles. The lowest BCUT2D eigenvalue weighted by molar-refractivity contribution is -0.173. The summed E-state index contributed by atoms with van der Waals surface area (Å²) in [6.45, 7) is 2.67. The van der Waals surface area contributed by atoms with Gasteiger partial charge in [0.1, 0.15) is 6.61 Å². The number of carbonyl (C=O) groups is 1. The molecule has 112 valence electrons. The summed E-state index contributed by atoms with van der Waals surface area (Å²) in [5.74, 6) is 0.0544. The van der Waals surface area contributed by atoms with Gasteiger partial charge in [-0.2, -0.15) is 13.2 Å². The fourth-order valence-electron chi connectivity index (χ4n) is 1.55. The van der Waals surface area contributed by atoms with Crippen LogP contribution in [0.4, 0.5) is 13.2 Å². The molecule has 1 amide bonds. The number of amides is 1. The fraction of sp³-hybridized carbons (Fsp3) is 0.500. The first-order valence-electron chi connectivity index (χ1n) is 6.32. The van der Waals surface area contributed by atoms with Crippen molar-refractivity contribution in [3.8, 4) is 0 Å². The standard InChI is InChI=1S/C14H18F3NO2/c1-10(2)11-3-5-12(6-4-11)13(19)18-7-8-20-9-14(15,16)17/h3-6,10H,7-9H2,1-2H3,(H,18,19). The van der Waals surface area contributed by atoms with Gasteiger partial charge in [-0.25, -0.2) is 0 Å². The summed E-state index contributed by atoms with van der Waals surface area (Å²) in [7, 11) is 0. The summed E-state index contributed by atoms with van der Waals surface area (Å²) in [6, 6.07) is 7.11. The number of rotatable bonds is 6. The van der Waals surface area contributed by atoms with Gasteiger partial charge in [-0.15, -0.1) is 0 Å². The maximum Gasteiger partial charge on any atom is 0.411 e. The second kappa shape index (κ2) is 7.28. The molecule has 20 heavy (non-hydrogen) atoms. The highest BCUT2D eigenvalue weighted by Crippen LogP contribution is 2.15. The first-order chi connectivity index (χ1) is 9.29. The zero-order chi connectivity index (χ0) is 15.2. The molecule has 1 rings (SSSR count). The third-order valence-electron chi connectivity index (χ3n) is 2.64. The molecule has 0 heterocycles. The molecular formula is C14H18F3NO2. The summed E-state index contributed by atoms with van der Waals surface area (Å²) < 4.78 is 39.8. The third-order valence-corrected chi connectivity index (χ3v) is 2.64. The third kappa shape index (κ3) is 6.06. The molecule has 0 spiro atoms. The van der Waals surface area contributed by atoms with E-state index in [4.69, 9.17) is 0 Å². The van der Waals surface area contributed by atoms with Crippen molar-refractivity contribution in [2.75, 3.05) is 19.8 Å². The van der Waals surface area contributed by atoms with Crippen molar-refractivity contribution in [3.63, 3.8) is 0 Å². The van der Waals surface area contributed by atoms with E-state index < -0.39 is 12.8 Å². The van der Waals surface area contributed by atoms with Crippen LogP contribution in [-0.4, -0.2) is 31.8 Å². The van der Waals surface area contributed by atoms with Gasteiger partial charge >= 0.3 is 6.18 Å². The minimum absolute atomic E-state index is 0.0425. The van der Waals surface area contributed by atoms with Crippen molar-refractivity contribution in [1.82, 2.24) is 5.32 Å². The Kier molecular flexibility index (Phi) is 6.01. The van der Waals surface area contributed by atoms with Crippen LogP contribution in [0.25, 0.3) is 0 Å². The van der Waals surface area contributed by atoms with Crippen LogP contribution in [0, 0.1) is 0 Å². The number of halogens is 3. The van der Waals surface area contributed by atoms with Crippen molar-refractivity contribution in [2.24, 2.45) is 0 Å². The molecule has 0 bridgehead atoms. The van der Waals surface area contributed by atoms with Gasteiger partial charge in [-0.1, -0.05) is 26.0 Å². The van der Waals surface area contributed by atoms with Crippen LogP contribution in [-0.2, 0) is 4.74 Å². The summed E-state index contributed by atoms with van der Waals surface area (Å²) in [4.78, 5) is 11.7. The first-order valence-corrected chi connectivity index (χ1v) is 6.32. The second-order valence-corrected chi connectivity index (χ2v) is 4.70. The maximum atomic E-state index is 11.8. The van der Waals surface area contributed by atoms with Gasteiger partial charge in [0.2, 0.25) is 0 Å². The monoisotopic (exact) mass is 289 g/mol. The number of alkyl halides is 3. The number of nitrogens with one attached hydrogen (secondary N) is 1. The maximum absolute atomic E-state index is 11.8. The number of benzene rings is 1. The number of hydrogen-bond donors (Lipinski definition) is 1. The molecule has 0 unspecified atom stereocenters. The largest absolute Gasteiger partial charge is 0.411 e. The summed E-state index contributed by atoms with van der Waals surface area (Å²) in [6.07, 6.45) is -4.34. The van der Waals surface area contributed by atoms with Gasteiger partial charge in [0.25, 0.3) is 5.91 Å². The Morgan fingerprint density at radius 2 is 1.85 bits per heavy atom. The molecule has 0 radical (unpaired) electrons. The van der Waals surface area contributed by atoms with Gasteiger partial charge in [0, 0.05) is 12.1 Å². The Labute approximate surface area is 116 Å². The van der Waals surface area contributed by atoms with Crippen LogP contribution in [0.15, 0.2) is 24.3 Å². The lowest BCUT2D eigenvalue weighted by atomic mass is 10.0. The van der Waals surface area contributed by atoms with Crippen LogP contribution < -0.4 is 5.32 Å². The van der Waals surface area contributed by atoms with Crippen molar-refractivity contribution in [3.05, 3.63) is 35.4 Å². The van der Waals surface area contributed by atoms with Gasteiger partial charge < -0.3 is 10.1 Å². The normalized spacial score (nSPS) is 11.7. The molecule has 6 heteroatoms. The van der Waals surface area contributed by atoms with Gasteiger partial charge in [-0.3, -0.25) is 4.79 Å². The smallest absolute Gasteiger partial charge is 0.370 e. The Balaban J connectivity index is 2.32. The molecule has 0 aliphatic rings. The van der Waals surface area contributed by atoms with Crippen LogP contribution >= 0.6 is 0 Å². The average Bonchev–Trinajstić information content (AvgIpc) is 2.37. The molecule has 0 saturated carbocycles. The van der Waals surface area contributed by atoms with E-state index in [1.165, 1.54) is 0 Å². The Morgan fingerprint density at radius 3 is 2.35 bits per heavy atom. The molecule has 3 nitrogen and oxygen atoms in total. The van der Waals surface area contributed by atoms with E-state index in [0.717, 1.165) is 5.56 Å². The molecule has 1 N–H and O–H groups in total. The van der Waals surface area contributed by atoms with E-state index in [1.807, 2.05) is 26.0 Å². The van der Waals surface area contributed by atoms with E-state index in [-0.39, 0.29) is 19.1 Å². The van der Waals surface area contributed by atoms with Crippen molar-refractivity contribution < 1.29 is 22.7 Å². The predicted octanol–water partition coefficient (Wildman–Crippen LogP) is 3.12. The van der Waals surface area contributed by atoms with Crippen molar-refractivity contribution in [2.45, 2.75) is 25.9 Å². The Hall–Kier alpha value is -1.56. The van der Waals surface area contributed by atoms with Crippen LogP contribution in [0.1, 0.15) is 35.7 Å². The van der Waals surface area contributed by atoms with E-state index in [2.05, 4.69) is 10.1 Å². The van der Waals surface area contributed by atoms with Gasteiger partial charge in [0.15, 0.2) is 0 Å². The summed E-state index contributed by atoms with van der Waals surface area (Å²) in [5, 5.41) is 2.50. The molecule has 0 aliphatic heterocycles. The molecule has 0 aromatic heterocycles. The fourth-order valence-corrected chi connectivity index (χ4v) is 1.55. The van der Waals surface area contributed by atoms with E-state index in [9.17, 15) is 18.0 Å². The average molecular weight is 289 g/mol. The molecule has 1 aromatic rings. The topological polar surface area (TPSA) is 38.3 Å². The van der Waals surface area contributed by atoms with Crippen molar-refractivity contribution in [1.29, 1.82) is 0 Å². The first kappa shape index (κ1) is 16.5. The summed E-state index contributed by atoms with van der Waals surface area (Å²) >= 11 is 0. The highest BCUT2D eigenvalue weighted by Gasteiger charge is 2.27. The van der Waals surface area contributed by atoms with E-state index >= 15 is 0 Å². The number of carbonyl (C=O) groups excluding carboxylic acids is 1. The second-order valence-electron chi connectivity index (χ2n) is 4.70. The van der Waals surface area contributed by atoms with Gasteiger partial charge in [0.05, 0.1) is 6.61 Å². The van der Waals surface area contributed by atoms with Crippen LogP contribution in [0.3, 0.4) is 0 Å². The van der Waals surface area contributed by atoms with Crippen molar-refractivity contribution >= 4 is 5.91 Å². The van der Waals surface area contributed by atoms with Crippen LogP contribution in [0.2, 0.25) is 0 Å². The zero-order valence-corrected chi connectivity index (χ0v) is 11.5. The Bertz CT molecular complexity index is 427. The molecule has 0 fully saturated rings. The molecule has 0 aliphatic carbocycles. The van der Waals surface area contributed by atoms with Gasteiger partial charge in [-0.05, 0) is 23.6 Å². The highest BCUT2D eigenvalue weighted by molar-refractivity contribution is 5.94. The highest BCUT2D eigenvalue weighted by atomic mass is 19.4. The SMILES string of the molecule is CC(C)c1ccc(C(=O)NCCOCC(F)(F)F)cc1. The van der Waals surface area contributed by atoms with E-state index in [0.29, 0.717) is 11.5 Å². The molecular weight excluding hydrogens is 271 g/mol. The lowest BCUT2D eigenvalue weighted by Gasteiger charge is -2.09. The van der Waals surface area contributed by atoms with Crippen LogP contribution in [0.5, 0.6) is 0 Å². The lowest BCUT2D eigenvalue weighted by Crippen LogP contribution is -2.28. The summed E-state index contributed by atoms with van der Waals surface area (Å²) in [5.41, 5.74) is 1.60. The quantitative estimate of drug-likeness (QED) is 0.817. The number of ether oxygens (including phenoxy) is 1.